The summed E-state index contributed by atoms with van der Waals surface area (Å²) >= 11 is 1.89. The molecule has 1 aromatic heterocycles. The molecule has 0 radical (unpaired) electrons. The summed E-state index contributed by atoms with van der Waals surface area (Å²) < 4.78 is 0. The van der Waals surface area contributed by atoms with Crippen LogP contribution in [-0.2, 0) is 6.54 Å². The van der Waals surface area contributed by atoms with E-state index in [2.05, 4.69) is 48.5 Å². The Labute approximate surface area is 122 Å². The molecule has 1 N–H and O–H groups in total. The Hall–Kier alpha value is -0.380. The Kier molecular flexibility index (Phi) is 5.86. The zero-order chi connectivity index (χ0) is 13.7. The summed E-state index contributed by atoms with van der Waals surface area (Å²) in [5.41, 5.74) is 0. The molecule has 1 atom stereocenters. The van der Waals surface area contributed by atoms with E-state index in [1.54, 1.807) is 0 Å². The lowest BCUT2D eigenvalue weighted by Gasteiger charge is -2.34. The first kappa shape index (κ1) is 15.0. The van der Waals surface area contributed by atoms with Gasteiger partial charge in [0.1, 0.15) is 0 Å². The van der Waals surface area contributed by atoms with Crippen LogP contribution in [0, 0.1) is 5.92 Å². The molecule has 0 amide bonds. The highest BCUT2D eigenvalue weighted by atomic mass is 32.1. The van der Waals surface area contributed by atoms with Gasteiger partial charge in [-0.15, -0.1) is 11.3 Å². The van der Waals surface area contributed by atoms with E-state index in [0.717, 1.165) is 25.7 Å². The molecule has 2 rings (SSSR count). The van der Waals surface area contributed by atoms with Crippen LogP contribution in [0.5, 0.6) is 0 Å². The standard InChI is InChI=1S/C16H28N2S/c1-4-9-17-11-16(13(2)3)18(14-7-8-14)12-15-6-5-10-19-15/h5-6,10,13-14,16-17H,4,7-9,11-12H2,1-3H3. The Morgan fingerprint density at radius 3 is 2.74 bits per heavy atom. The molecule has 108 valence electrons. The van der Waals surface area contributed by atoms with Crippen molar-refractivity contribution in [3.8, 4) is 0 Å². The zero-order valence-corrected chi connectivity index (χ0v) is 13.4. The number of nitrogens with one attached hydrogen (secondary N) is 1. The third kappa shape index (κ3) is 4.59. The van der Waals surface area contributed by atoms with Crippen LogP contribution < -0.4 is 5.32 Å². The third-order valence-corrected chi connectivity index (χ3v) is 4.77. The monoisotopic (exact) mass is 280 g/mol. The van der Waals surface area contributed by atoms with E-state index >= 15 is 0 Å². The van der Waals surface area contributed by atoms with Crippen LogP contribution in [0.15, 0.2) is 17.5 Å². The van der Waals surface area contributed by atoms with E-state index in [0.29, 0.717) is 12.0 Å². The molecule has 0 aromatic carbocycles. The molecule has 1 saturated carbocycles. The molecule has 1 unspecified atom stereocenters. The molecule has 2 nitrogen and oxygen atoms in total. The van der Waals surface area contributed by atoms with Crippen molar-refractivity contribution < 1.29 is 0 Å². The van der Waals surface area contributed by atoms with Gasteiger partial charge in [-0.2, -0.15) is 0 Å². The number of rotatable bonds is 9. The summed E-state index contributed by atoms with van der Waals surface area (Å²) in [5, 5.41) is 5.82. The lowest BCUT2D eigenvalue weighted by Crippen LogP contribution is -2.46. The van der Waals surface area contributed by atoms with Crippen molar-refractivity contribution in [3.63, 3.8) is 0 Å². The van der Waals surface area contributed by atoms with Crippen molar-refractivity contribution in [1.29, 1.82) is 0 Å². The number of nitrogens with zero attached hydrogens (tertiary/aromatic N) is 1. The van der Waals surface area contributed by atoms with E-state index in [9.17, 15) is 0 Å². The van der Waals surface area contributed by atoms with Crippen molar-refractivity contribution in [2.75, 3.05) is 13.1 Å². The molecule has 1 fully saturated rings. The summed E-state index contributed by atoms with van der Waals surface area (Å²) in [6.07, 6.45) is 4.00. The van der Waals surface area contributed by atoms with Gasteiger partial charge in [-0.1, -0.05) is 26.8 Å². The topological polar surface area (TPSA) is 15.3 Å². The average Bonchev–Trinajstić information content (AvgIpc) is 3.10. The van der Waals surface area contributed by atoms with Crippen molar-refractivity contribution >= 4 is 11.3 Å². The van der Waals surface area contributed by atoms with E-state index in [4.69, 9.17) is 0 Å². The van der Waals surface area contributed by atoms with Gasteiger partial charge in [0, 0.05) is 30.1 Å². The predicted octanol–water partition coefficient (Wildman–Crippen LogP) is 3.74. The van der Waals surface area contributed by atoms with Crippen LogP contribution in [0.25, 0.3) is 0 Å². The predicted molar refractivity (Wildman–Crippen MR) is 84.7 cm³/mol. The Bertz CT molecular complexity index is 344. The minimum absolute atomic E-state index is 0.668. The molecule has 0 aliphatic heterocycles. The first-order valence-corrected chi connectivity index (χ1v) is 8.59. The molecule has 1 aliphatic rings. The molecule has 0 spiro atoms. The molecular formula is C16H28N2S. The summed E-state index contributed by atoms with van der Waals surface area (Å²) in [5.74, 6) is 0.713. The number of hydrogen-bond acceptors (Lipinski definition) is 3. The molecule has 0 bridgehead atoms. The fraction of sp³-hybridized carbons (Fsp3) is 0.750. The van der Waals surface area contributed by atoms with Crippen molar-refractivity contribution in [2.45, 2.75) is 58.7 Å². The second-order valence-corrected chi connectivity index (χ2v) is 7.03. The Balaban J connectivity index is 1.97. The summed E-state index contributed by atoms with van der Waals surface area (Å²) in [4.78, 5) is 4.26. The molecule has 3 heteroatoms. The molecule has 1 heterocycles. The van der Waals surface area contributed by atoms with E-state index in [1.165, 1.54) is 24.1 Å². The Morgan fingerprint density at radius 2 is 2.21 bits per heavy atom. The molecule has 1 aromatic rings. The van der Waals surface area contributed by atoms with E-state index in [-0.39, 0.29) is 0 Å². The molecular weight excluding hydrogens is 252 g/mol. The molecule has 19 heavy (non-hydrogen) atoms. The Morgan fingerprint density at radius 1 is 1.42 bits per heavy atom. The average molecular weight is 280 g/mol. The normalized spacial score (nSPS) is 17.3. The maximum absolute atomic E-state index is 3.62. The highest BCUT2D eigenvalue weighted by molar-refractivity contribution is 7.09. The smallest absolute Gasteiger partial charge is 0.0334 e. The summed E-state index contributed by atoms with van der Waals surface area (Å²) in [6.45, 7) is 10.4. The minimum Gasteiger partial charge on any atom is -0.315 e. The van der Waals surface area contributed by atoms with Gasteiger partial charge in [-0.05, 0) is 43.2 Å². The summed E-state index contributed by atoms with van der Waals surface area (Å²) in [6, 6.07) is 5.95. The van der Waals surface area contributed by atoms with Gasteiger partial charge in [-0.3, -0.25) is 4.90 Å². The summed E-state index contributed by atoms with van der Waals surface area (Å²) in [7, 11) is 0. The van der Waals surface area contributed by atoms with Crippen molar-refractivity contribution in [1.82, 2.24) is 10.2 Å². The quantitative estimate of drug-likeness (QED) is 0.693. The first-order valence-electron chi connectivity index (χ1n) is 7.71. The number of thiophene rings is 1. The van der Waals surface area contributed by atoms with Gasteiger partial charge in [0.05, 0.1) is 0 Å². The third-order valence-electron chi connectivity index (χ3n) is 3.91. The minimum atomic E-state index is 0.668. The molecule has 0 saturated heterocycles. The lowest BCUT2D eigenvalue weighted by atomic mass is 10.0. The fourth-order valence-electron chi connectivity index (χ4n) is 2.67. The van der Waals surface area contributed by atoms with Crippen LogP contribution in [0.1, 0.15) is 44.9 Å². The lowest BCUT2D eigenvalue weighted by molar-refractivity contribution is 0.135. The largest absolute Gasteiger partial charge is 0.315 e. The van der Waals surface area contributed by atoms with Gasteiger partial charge < -0.3 is 5.32 Å². The second-order valence-electron chi connectivity index (χ2n) is 6.00. The maximum Gasteiger partial charge on any atom is 0.0334 e. The highest BCUT2D eigenvalue weighted by Crippen LogP contribution is 2.32. The maximum atomic E-state index is 3.62. The number of hydrogen-bond donors (Lipinski definition) is 1. The highest BCUT2D eigenvalue weighted by Gasteiger charge is 2.35. The van der Waals surface area contributed by atoms with Gasteiger partial charge in [0.2, 0.25) is 0 Å². The second kappa shape index (κ2) is 7.41. The van der Waals surface area contributed by atoms with Crippen LogP contribution in [-0.4, -0.2) is 30.1 Å². The van der Waals surface area contributed by atoms with Crippen LogP contribution in [0.3, 0.4) is 0 Å². The fourth-order valence-corrected chi connectivity index (χ4v) is 3.38. The van der Waals surface area contributed by atoms with Gasteiger partial charge in [0.25, 0.3) is 0 Å². The van der Waals surface area contributed by atoms with Gasteiger partial charge >= 0.3 is 0 Å². The zero-order valence-electron chi connectivity index (χ0n) is 12.6. The first-order chi connectivity index (χ1) is 9.22. The van der Waals surface area contributed by atoms with E-state index < -0.39 is 0 Å². The molecule has 1 aliphatic carbocycles. The van der Waals surface area contributed by atoms with Gasteiger partial charge in [0.15, 0.2) is 0 Å². The SMILES string of the molecule is CCCNCC(C(C)C)N(Cc1cccs1)C1CC1. The van der Waals surface area contributed by atoms with Crippen LogP contribution in [0.4, 0.5) is 0 Å². The van der Waals surface area contributed by atoms with Crippen LogP contribution >= 0.6 is 11.3 Å². The van der Waals surface area contributed by atoms with Crippen molar-refractivity contribution in [2.24, 2.45) is 5.92 Å². The van der Waals surface area contributed by atoms with Crippen LogP contribution in [0.2, 0.25) is 0 Å². The van der Waals surface area contributed by atoms with Crippen molar-refractivity contribution in [3.05, 3.63) is 22.4 Å². The van der Waals surface area contributed by atoms with Gasteiger partial charge in [-0.25, -0.2) is 0 Å². The van der Waals surface area contributed by atoms with E-state index in [1.807, 2.05) is 11.3 Å².